The smallest absolute Gasteiger partial charge is 0.243 e. The maximum absolute atomic E-state index is 13.0. The minimum Gasteiger partial charge on any atom is -0.248 e. The largest absolute Gasteiger partial charge is 0.248 e. The maximum atomic E-state index is 13.0. The van der Waals surface area contributed by atoms with Crippen LogP contribution in [0.3, 0.4) is 0 Å². The number of hydrogen-bond donors (Lipinski definition) is 0. The van der Waals surface area contributed by atoms with Gasteiger partial charge >= 0.3 is 0 Å². The van der Waals surface area contributed by atoms with Crippen LogP contribution in [0.4, 0.5) is 4.39 Å². The summed E-state index contributed by atoms with van der Waals surface area (Å²) in [6.07, 6.45) is 1.63. The van der Waals surface area contributed by atoms with E-state index in [9.17, 15) is 12.8 Å². The zero-order valence-corrected chi connectivity index (χ0v) is 12.1. The lowest BCUT2D eigenvalue weighted by molar-refractivity contribution is 0.465. The number of sulfonamides is 1. The van der Waals surface area contributed by atoms with Crippen molar-refractivity contribution in [1.29, 1.82) is 0 Å². The summed E-state index contributed by atoms with van der Waals surface area (Å²) in [5, 5.41) is 2.50. The van der Waals surface area contributed by atoms with E-state index < -0.39 is 15.8 Å². The first kappa shape index (κ1) is 14.1. The van der Waals surface area contributed by atoms with Gasteiger partial charge in [0.25, 0.3) is 0 Å². The van der Waals surface area contributed by atoms with Gasteiger partial charge in [-0.2, -0.15) is 4.31 Å². The zero-order valence-electron chi connectivity index (χ0n) is 10.5. The highest BCUT2D eigenvalue weighted by molar-refractivity contribution is 7.89. The Hall–Kier alpha value is -1.31. The van der Waals surface area contributed by atoms with Crippen molar-refractivity contribution in [3.05, 3.63) is 46.2 Å². The van der Waals surface area contributed by atoms with E-state index in [2.05, 4.69) is 4.98 Å². The number of nitrogens with zero attached hydrogens (tertiary/aromatic N) is 2. The molecule has 0 fully saturated rings. The molecule has 0 unspecified atom stereocenters. The normalized spacial score (nSPS) is 12.0. The third-order valence-electron chi connectivity index (χ3n) is 2.67. The molecule has 7 heteroatoms. The minimum atomic E-state index is -3.63. The van der Waals surface area contributed by atoms with E-state index in [0.29, 0.717) is 10.6 Å². The molecule has 0 spiro atoms. The Morgan fingerprint density at radius 1 is 1.42 bits per heavy atom. The van der Waals surface area contributed by atoms with Crippen LogP contribution in [-0.4, -0.2) is 24.8 Å². The molecule has 0 saturated heterocycles. The second kappa shape index (κ2) is 5.36. The summed E-state index contributed by atoms with van der Waals surface area (Å²) in [7, 11) is -2.14. The second-order valence-electron chi connectivity index (χ2n) is 4.10. The number of rotatable bonds is 4. The Labute approximate surface area is 115 Å². The van der Waals surface area contributed by atoms with E-state index in [-0.39, 0.29) is 11.4 Å². The lowest BCUT2D eigenvalue weighted by Crippen LogP contribution is -2.27. The number of halogens is 1. The third-order valence-corrected chi connectivity index (χ3v) is 5.39. The van der Waals surface area contributed by atoms with Crippen molar-refractivity contribution in [3.63, 3.8) is 0 Å². The van der Waals surface area contributed by atoms with Crippen molar-refractivity contribution < 1.29 is 12.8 Å². The molecule has 0 atom stereocenters. The lowest BCUT2D eigenvalue weighted by atomic mass is 10.2. The molecule has 0 aliphatic heterocycles. The summed E-state index contributed by atoms with van der Waals surface area (Å²) in [5.74, 6) is -0.445. The highest BCUT2D eigenvalue weighted by Crippen LogP contribution is 2.21. The van der Waals surface area contributed by atoms with Crippen LogP contribution < -0.4 is 0 Å². The van der Waals surface area contributed by atoms with Gasteiger partial charge in [-0.3, -0.25) is 0 Å². The van der Waals surface area contributed by atoms with Crippen molar-refractivity contribution in [2.75, 3.05) is 7.05 Å². The molecular formula is C12H13FN2O2S2. The molecule has 1 aromatic carbocycles. The Balaban J connectivity index is 2.31. The first-order chi connectivity index (χ1) is 8.91. The van der Waals surface area contributed by atoms with Crippen LogP contribution >= 0.6 is 11.3 Å². The molecule has 2 rings (SSSR count). The first-order valence-electron chi connectivity index (χ1n) is 5.52. The highest BCUT2D eigenvalue weighted by Gasteiger charge is 2.23. The van der Waals surface area contributed by atoms with Gasteiger partial charge in [-0.1, -0.05) is 0 Å². The monoisotopic (exact) mass is 300 g/mol. The number of aryl methyl sites for hydroxylation is 1. The van der Waals surface area contributed by atoms with E-state index >= 15 is 0 Å². The quantitative estimate of drug-likeness (QED) is 0.871. The molecule has 0 radical (unpaired) electrons. The fourth-order valence-electron chi connectivity index (χ4n) is 1.68. The molecule has 0 aliphatic carbocycles. The Bertz CT molecular complexity index is 669. The van der Waals surface area contributed by atoms with E-state index in [0.717, 1.165) is 6.07 Å². The van der Waals surface area contributed by atoms with Gasteiger partial charge in [-0.05, 0) is 30.7 Å². The molecule has 4 nitrogen and oxygen atoms in total. The summed E-state index contributed by atoms with van der Waals surface area (Å²) in [6, 6.07) is 3.65. The maximum Gasteiger partial charge on any atom is 0.243 e. The molecular weight excluding hydrogens is 287 g/mol. The molecule has 0 bridgehead atoms. The average Bonchev–Trinajstić information content (AvgIpc) is 2.81. The fourth-order valence-corrected chi connectivity index (χ4v) is 3.76. The average molecular weight is 300 g/mol. The summed E-state index contributed by atoms with van der Waals surface area (Å²) in [5.41, 5.74) is 0.394. The third kappa shape index (κ3) is 2.99. The van der Waals surface area contributed by atoms with E-state index in [1.54, 1.807) is 18.5 Å². The van der Waals surface area contributed by atoms with Crippen molar-refractivity contribution in [2.45, 2.75) is 18.4 Å². The molecule has 102 valence electrons. The summed E-state index contributed by atoms with van der Waals surface area (Å²) < 4.78 is 39.0. The number of aromatic nitrogens is 1. The number of benzene rings is 1. The zero-order chi connectivity index (χ0) is 14.0. The molecule has 1 heterocycles. The van der Waals surface area contributed by atoms with Crippen LogP contribution in [0.2, 0.25) is 0 Å². The Morgan fingerprint density at radius 2 is 2.16 bits per heavy atom. The molecule has 0 saturated carbocycles. The van der Waals surface area contributed by atoms with Gasteiger partial charge in [0.2, 0.25) is 10.0 Å². The van der Waals surface area contributed by atoms with Crippen molar-refractivity contribution in [1.82, 2.24) is 9.29 Å². The van der Waals surface area contributed by atoms with Crippen molar-refractivity contribution in [2.24, 2.45) is 0 Å². The van der Waals surface area contributed by atoms with Crippen LogP contribution in [-0.2, 0) is 16.6 Å². The van der Waals surface area contributed by atoms with Crippen LogP contribution in [0.1, 0.15) is 10.6 Å². The molecule has 19 heavy (non-hydrogen) atoms. The number of hydrogen-bond acceptors (Lipinski definition) is 4. The fraction of sp³-hybridized carbons (Fsp3) is 0.250. The van der Waals surface area contributed by atoms with Crippen LogP contribution in [0.15, 0.2) is 34.7 Å². The first-order valence-corrected chi connectivity index (χ1v) is 7.84. The van der Waals surface area contributed by atoms with Gasteiger partial charge in [0.05, 0.1) is 11.4 Å². The Morgan fingerprint density at radius 3 is 2.74 bits per heavy atom. The van der Waals surface area contributed by atoms with Gasteiger partial charge < -0.3 is 0 Å². The molecule has 1 aromatic heterocycles. The predicted molar refractivity (Wildman–Crippen MR) is 71.9 cm³/mol. The minimum absolute atomic E-state index is 0.118. The summed E-state index contributed by atoms with van der Waals surface area (Å²) in [4.78, 5) is 4.17. The Kier molecular flexibility index (Phi) is 3.98. The molecule has 2 aromatic rings. The topological polar surface area (TPSA) is 50.3 Å². The molecule has 0 aliphatic rings. The van der Waals surface area contributed by atoms with E-state index in [1.165, 1.54) is 34.8 Å². The van der Waals surface area contributed by atoms with Crippen LogP contribution in [0.5, 0.6) is 0 Å². The van der Waals surface area contributed by atoms with Crippen LogP contribution in [0, 0.1) is 12.7 Å². The second-order valence-corrected chi connectivity index (χ2v) is 7.09. The van der Waals surface area contributed by atoms with Gasteiger partial charge in [0, 0.05) is 18.6 Å². The van der Waals surface area contributed by atoms with Gasteiger partial charge in [0.1, 0.15) is 10.8 Å². The van der Waals surface area contributed by atoms with Gasteiger partial charge in [-0.15, -0.1) is 11.3 Å². The highest BCUT2D eigenvalue weighted by atomic mass is 32.2. The van der Waals surface area contributed by atoms with Crippen molar-refractivity contribution in [3.8, 4) is 0 Å². The summed E-state index contributed by atoms with van der Waals surface area (Å²) >= 11 is 1.39. The standard InChI is InChI=1S/C12H13FN2O2S2/c1-9-7-10(13)3-4-11(9)19(16,17)15(2)8-12-14-5-6-18-12/h3-7H,8H2,1-2H3. The summed E-state index contributed by atoms with van der Waals surface area (Å²) in [6.45, 7) is 1.78. The van der Waals surface area contributed by atoms with E-state index in [1.807, 2.05) is 0 Å². The number of thiazole rings is 1. The lowest BCUT2D eigenvalue weighted by Gasteiger charge is -2.17. The van der Waals surface area contributed by atoms with E-state index in [4.69, 9.17) is 0 Å². The van der Waals surface area contributed by atoms with Gasteiger partial charge in [0.15, 0.2) is 0 Å². The molecule has 0 amide bonds. The van der Waals surface area contributed by atoms with Gasteiger partial charge in [-0.25, -0.2) is 17.8 Å². The SMILES string of the molecule is Cc1cc(F)ccc1S(=O)(=O)N(C)Cc1nccs1. The predicted octanol–water partition coefficient (Wildman–Crippen LogP) is 2.41. The van der Waals surface area contributed by atoms with Crippen molar-refractivity contribution >= 4 is 21.4 Å². The molecule has 0 N–H and O–H groups in total. The van der Waals surface area contributed by atoms with Crippen LogP contribution in [0.25, 0.3) is 0 Å².